The first-order valence-electron chi connectivity index (χ1n) is 13.3. The van der Waals surface area contributed by atoms with E-state index in [-0.39, 0.29) is 18.2 Å². The number of carbonyl (C=O) groups is 2. The van der Waals surface area contributed by atoms with Gasteiger partial charge >= 0.3 is 12.1 Å². The van der Waals surface area contributed by atoms with Crippen molar-refractivity contribution in [3.63, 3.8) is 0 Å². The largest absolute Gasteiger partial charge is 0.444 e. The molecule has 12 heteroatoms. The number of hydrogen-bond donors (Lipinski definition) is 2. The van der Waals surface area contributed by atoms with Crippen molar-refractivity contribution >= 4 is 30.1 Å². The van der Waals surface area contributed by atoms with Crippen molar-refractivity contribution in [3.05, 3.63) is 46.6 Å². The Morgan fingerprint density at radius 3 is 2.62 bits per heavy atom. The first-order chi connectivity index (χ1) is 18.6. The summed E-state index contributed by atoms with van der Waals surface area (Å²) in [5.41, 5.74) is 6.27. The maximum atomic E-state index is 13.1. The highest BCUT2D eigenvalue weighted by Crippen LogP contribution is 2.31. The standard InChI is InChI=1S/C27H36N8O4/c1-18-6-5-7-19(12-18)13-28-32-24-30-22-17-34(16-21(22)23(31-24)33-8-10-38-11-9-33)25(36)29-20-14-35(15-20)26(37)39-27(2,3)4/h5-7,12-13,20H,8-11,14-17H2,1-4H3,(H,29,36)(H,30,31,32)/b28-13+. The number of hydrazone groups is 1. The third-order valence-electron chi connectivity index (χ3n) is 6.64. The lowest BCUT2D eigenvalue weighted by Gasteiger charge is -2.40. The van der Waals surface area contributed by atoms with Crippen LogP contribution in [0.5, 0.6) is 0 Å². The summed E-state index contributed by atoms with van der Waals surface area (Å²) in [6, 6.07) is 7.73. The molecule has 12 nitrogen and oxygen atoms in total. The molecule has 0 radical (unpaired) electrons. The molecule has 3 aliphatic heterocycles. The van der Waals surface area contributed by atoms with Gasteiger partial charge in [0.1, 0.15) is 11.4 Å². The Labute approximate surface area is 228 Å². The fraction of sp³-hybridized carbons (Fsp3) is 0.519. The Bertz CT molecular complexity index is 1250. The van der Waals surface area contributed by atoms with Crippen LogP contribution in [0.25, 0.3) is 0 Å². The zero-order valence-electron chi connectivity index (χ0n) is 22.9. The molecule has 4 heterocycles. The Morgan fingerprint density at radius 2 is 1.90 bits per heavy atom. The van der Waals surface area contributed by atoms with Crippen molar-refractivity contribution < 1.29 is 19.1 Å². The van der Waals surface area contributed by atoms with Crippen molar-refractivity contribution in [3.8, 4) is 0 Å². The first-order valence-corrected chi connectivity index (χ1v) is 13.3. The maximum absolute atomic E-state index is 13.1. The van der Waals surface area contributed by atoms with Gasteiger partial charge in [0.25, 0.3) is 0 Å². The quantitative estimate of drug-likeness (QED) is 0.442. The number of rotatable bonds is 5. The summed E-state index contributed by atoms with van der Waals surface area (Å²) in [4.78, 5) is 40.3. The van der Waals surface area contributed by atoms with Crippen LogP contribution >= 0.6 is 0 Å². The van der Waals surface area contributed by atoms with E-state index in [2.05, 4.69) is 25.7 Å². The minimum Gasteiger partial charge on any atom is -0.444 e. The highest BCUT2D eigenvalue weighted by molar-refractivity contribution is 5.80. The molecule has 3 aliphatic rings. The second-order valence-corrected chi connectivity index (χ2v) is 11.1. The second kappa shape index (κ2) is 11.0. The molecule has 2 saturated heterocycles. The molecule has 39 heavy (non-hydrogen) atoms. The molecule has 3 amide bonds. The van der Waals surface area contributed by atoms with E-state index in [0.717, 1.165) is 28.2 Å². The third kappa shape index (κ3) is 6.56. The molecule has 0 saturated carbocycles. The number of ether oxygens (including phenoxy) is 2. The van der Waals surface area contributed by atoms with Crippen LogP contribution in [0.1, 0.15) is 43.2 Å². The number of nitrogens with zero attached hydrogens (tertiary/aromatic N) is 6. The fourth-order valence-corrected chi connectivity index (χ4v) is 4.69. The van der Waals surface area contributed by atoms with Crippen molar-refractivity contribution in [2.75, 3.05) is 49.7 Å². The van der Waals surface area contributed by atoms with Gasteiger partial charge in [0, 0.05) is 31.7 Å². The van der Waals surface area contributed by atoms with Gasteiger partial charge in [-0.1, -0.05) is 29.8 Å². The van der Waals surface area contributed by atoms with Crippen LogP contribution < -0.4 is 15.6 Å². The van der Waals surface area contributed by atoms with Crippen LogP contribution in [0.15, 0.2) is 29.4 Å². The molecule has 208 valence electrons. The monoisotopic (exact) mass is 536 g/mol. The molecule has 0 atom stereocenters. The lowest BCUT2D eigenvalue weighted by atomic mass is 10.1. The van der Waals surface area contributed by atoms with Crippen LogP contribution in [0.3, 0.4) is 0 Å². The molecule has 0 unspecified atom stereocenters. The van der Waals surface area contributed by atoms with Gasteiger partial charge in [-0.25, -0.2) is 20.0 Å². The van der Waals surface area contributed by atoms with E-state index in [4.69, 9.17) is 14.5 Å². The zero-order valence-corrected chi connectivity index (χ0v) is 22.9. The van der Waals surface area contributed by atoms with Crippen molar-refractivity contribution in [2.24, 2.45) is 5.10 Å². The van der Waals surface area contributed by atoms with Gasteiger partial charge in [-0.05, 0) is 33.3 Å². The number of amides is 3. The van der Waals surface area contributed by atoms with Crippen molar-refractivity contribution in [2.45, 2.75) is 52.4 Å². The van der Waals surface area contributed by atoms with E-state index in [1.54, 1.807) is 16.0 Å². The molecule has 5 rings (SSSR count). The first kappa shape index (κ1) is 26.7. The minimum absolute atomic E-state index is 0.119. The number of aromatic nitrogens is 2. The normalized spacial score (nSPS) is 17.7. The van der Waals surface area contributed by atoms with E-state index < -0.39 is 5.60 Å². The molecule has 0 aliphatic carbocycles. The summed E-state index contributed by atoms with van der Waals surface area (Å²) >= 11 is 0. The van der Waals surface area contributed by atoms with Gasteiger partial charge in [0.15, 0.2) is 0 Å². The summed E-state index contributed by atoms with van der Waals surface area (Å²) in [7, 11) is 0. The van der Waals surface area contributed by atoms with Gasteiger partial charge < -0.3 is 29.5 Å². The summed E-state index contributed by atoms with van der Waals surface area (Å²) in [6.45, 7) is 11.8. The van der Waals surface area contributed by atoms with E-state index in [1.807, 2.05) is 52.0 Å². The zero-order chi connectivity index (χ0) is 27.6. The molecule has 2 aromatic rings. The average Bonchev–Trinajstić information content (AvgIpc) is 3.29. The molecular formula is C27H36N8O4. The number of anilines is 2. The highest BCUT2D eigenvalue weighted by atomic mass is 16.6. The predicted molar refractivity (Wildman–Crippen MR) is 147 cm³/mol. The Kier molecular flexibility index (Phi) is 7.56. The fourth-order valence-electron chi connectivity index (χ4n) is 4.69. The van der Waals surface area contributed by atoms with E-state index in [0.29, 0.717) is 58.4 Å². The molecule has 0 spiro atoms. The summed E-state index contributed by atoms with van der Waals surface area (Å²) in [6.07, 6.45) is 1.37. The van der Waals surface area contributed by atoms with Gasteiger partial charge in [-0.3, -0.25) is 0 Å². The van der Waals surface area contributed by atoms with E-state index in [1.165, 1.54) is 0 Å². The minimum atomic E-state index is -0.550. The number of aryl methyl sites for hydroxylation is 1. The average molecular weight is 537 g/mol. The Morgan fingerprint density at radius 1 is 1.13 bits per heavy atom. The van der Waals surface area contributed by atoms with Crippen LogP contribution in [0, 0.1) is 6.92 Å². The van der Waals surface area contributed by atoms with Crippen LogP contribution in [-0.4, -0.2) is 89.1 Å². The Balaban J connectivity index is 1.24. The summed E-state index contributed by atoms with van der Waals surface area (Å²) in [5.74, 6) is 1.18. The Hall–Kier alpha value is -3.93. The molecular weight excluding hydrogens is 500 g/mol. The number of urea groups is 1. The lowest BCUT2D eigenvalue weighted by molar-refractivity contribution is 0.00583. The van der Waals surface area contributed by atoms with Crippen LogP contribution in [0.4, 0.5) is 21.4 Å². The number of carbonyl (C=O) groups excluding carboxylic acids is 2. The summed E-state index contributed by atoms with van der Waals surface area (Å²) < 4.78 is 10.9. The summed E-state index contributed by atoms with van der Waals surface area (Å²) in [5, 5.41) is 7.37. The second-order valence-electron chi connectivity index (χ2n) is 11.1. The third-order valence-corrected chi connectivity index (χ3v) is 6.64. The molecule has 2 fully saturated rings. The van der Waals surface area contributed by atoms with E-state index in [9.17, 15) is 9.59 Å². The number of morpholine rings is 1. The predicted octanol–water partition coefficient (Wildman–Crippen LogP) is 2.71. The lowest BCUT2D eigenvalue weighted by Crippen LogP contribution is -2.62. The van der Waals surface area contributed by atoms with Crippen molar-refractivity contribution in [1.82, 2.24) is 25.1 Å². The molecule has 1 aromatic heterocycles. The number of nitrogens with one attached hydrogen (secondary N) is 2. The van der Waals surface area contributed by atoms with Gasteiger partial charge in [-0.15, -0.1) is 0 Å². The maximum Gasteiger partial charge on any atom is 0.410 e. The van der Waals surface area contributed by atoms with E-state index >= 15 is 0 Å². The van der Waals surface area contributed by atoms with Gasteiger partial charge in [-0.2, -0.15) is 10.1 Å². The number of fused-ring (bicyclic) bond motifs is 1. The molecule has 0 bridgehead atoms. The number of likely N-dealkylation sites (tertiary alicyclic amines) is 1. The van der Waals surface area contributed by atoms with Gasteiger partial charge in [0.05, 0.1) is 44.3 Å². The van der Waals surface area contributed by atoms with Gasteiger partial charge in [0.2, 0.25) is 5.95 Å². The molecule has 1 aromatic carbocycles. The van der Waals surface area contributed by atoms with Crippen molar-refractivity contribution in [1.29, 1.82) is 0 Å². The van der Waals surface area contributed by atoms with Crippen LogP contribution in [-0.2, 0) is 22.6 Å². The SMILES string of the molecule is Cc1cccc(/C=N/Nc2nc3c(c(N4CCOCC4)n2)CN(C(=O)NC2CN(C(=O)OC(C)(C)C)C2)C3)c1. The molecule has 2 N–H and O–H groups in total. The topological polar surface area (TPSA) is 125 Å². The number of hydrogen-bond acceptors (Lipinski definition) is 9. The highest BCUT2D eigenvalue weighted by Gasteiger charge is 2.37. The smallest absolute Gasteiger partial charge is 0.410 e. The number of benzene rings is 1. The van der Waals surface area contributed by atoms with Crippen LogP contribution in [0.2, 0.25) is 0 Å².